The Balaban J connectivity index is 0. The molecule has 0 aliphatic carbocycles. The van der Waals surface area contributed by atoms with Crippen molar-refractivity contribution in [3.05, 3.63) is 0 Å². The van der Waals surface area contributed by atoms with E-state index >= 15 is 0 Å². The van der Waals surface area contributed by atoms with Crippen molar-refractivity contribution in [2.24, 2.45) is 11.7 Å². The molecule has 0 bridgehead atoms. The van der Waals surface area contributed by atoms with E-state index in [4.69, 9.17) is 5.73 Å². The third kappa shape index (κ3) is 9.16. The maximum Gasteiger partial charge on any atom is 0.236 e. The van der Waals surface area contributed by atoms with Crippen molar-refractivity contribution in [3.63, 3.8) is 0 Å². The number of nitrogens with one attached hydrogen (secondary N) is 1. The molecule has 0 aromatic carbocycles. The third-order valence-corrected chi connectivity index (χ3v) is 4.08. The summed E-state index contributed by atoms with van der Waals surface area (Å²) in [5.41, 5.74) is 5.86. The van der Waals surface area contributed by atoms with Gasteiger partial charge in [0.25, 0.3) is 0 Å². The van der Waals surface area contributed by atoms with Gasteiger partial charge in [-0.25, -0.2) is 0 Å². The zero-order valence-electron chi connectivity index (χ0n) is 14.4. The molecule has 0 saturated carbocycles. The summed E-state index contributed by atoms with van der Waals surface area (Å²) in [6, 6.07) is 0.342. The van der Waals surface area contributed by atoms with Crippen LogP contribution in [0.1, 0.15) is 33.1 Å². The van der Waals surface area contributed by atoms with Gasteiger partial charge in [-0.2, -0.15) is 0 Å². The van der Waals surface area contributed by atoms with Crippen LogP contribution < -0.4 is 11.1 Å². The molecule has 3 N–H and O–H groups in total. The van der Waals surface area contributed by atoms with Gasteiger partial charge < -0.3 is 20.9 Å². The summed E-state index contributed by atoms with van der Waals surface area (Å²) >= 11 is 0. The first kappa shape index (κ1) is 24.2. The van der Waals surface area contributed by atoms with E-state index in [9.17, 15) is 4.79 Å². The van der Waals surface area contributed by atoms with E-state index in [1.54, 1.807) is 0 Å². The van der Waals surface area contributed by atoms with Gasteiger partial charge in [0.1, 0.15) is 0 Å². The van der Waals surface area contributed by atoms with Crippen molar-refractivity contribution < 1.29 is 4.79 Å². The molecular formula is C15H34Cl2N4O. The minimum atomic E-state index is -0.366. The molecule has 5 nitrogen and oxygen atoms in total. The Bertz CT molecular complexity index is 295. The van der Waals surface area contributed by atoms with Crippen molar-refractivity contribution in [2.45, 2.75) is 45.2 Å². The standard InChI is InChI=1S/C15H32N4O.2ClH/c1-12(2)11-14(16)15(20)17-7-10-19-8-5-13(6-9-19)18(3)4;;/h12-14H,5-11,16H2,1-4H3,(H,17,20);2*1H/t14-;;/m0../s1. The van der Waals surface area contributed by atoms with Crippen LogP contribution in [0.4, 0.5) is 0 Å². The van der Waals surface area contributed by atoms with Crippen LogP contribution in [0.3, 0.4) is 0 Å². The quantitative estimate of drug-likeness (QED) is 0.722. The SMILES string of the molecule is CC(C)C[C@H](N)C(=O)NCCN1CCC(N(C)C)CC1.Cl.Cl. The van der Waals surface area contributed by atoms with Crippen LogP contribution in [-0.2, 0) is 4.79 Å². The van der Waals surface area contributed by atoms with Gasteiger partial charge in [0.05, 0.1) is 6.04 Å². The van der Waals surface area contributed by atoms with E-state index < -0.39 is 0 Å². The van der Waals surface area contributed by atoms with Crippen LogP contribution in [0.25, 0.3) is 0 Å². The fourth-order valence-electron chi connectivity index (χ4n) is 2.74. The average molecular weight is 357 g/mol. The fourth-order valence-corrected chi connectivity index (χ4v) is 2.74. The van der Waals surface area contributed by atoms with E-state index in [2.05, 4.69) is 43.1 Å². The first-order chi connectivity index (χ1) is 9.40. The Kier molecular flexibility index (Phi) is 13.6. The van der Waals surface area contributed by atoms with E-state index in [0.29, 0.717) is 18.5 Å². The molecule has 0 unspecified atom stereocenters. The molecule has 1 aliphatic rings. The van der Waals surface area contributed by atoms with Gasteiger partial charge in [0, 0.05) is 19.1 Å². The van der Waals surface area contributed by atoms with Gasteiger partial charge in [-0.1, -0.05) is 13.8 Å². The summed E-state index contributed by atoms with van der Waals surface area (Å²) in [5.74, 6) is 0.447. The molecule has 1 fully saturated rings. The summed E-state index contributed by atoms with van der Waals surface area (Å²) in [6.07, 6.45) is 3.18. The molecular weight excluding hydrogens is 323 g/mol. The van der Waals surface area contributed by atoms with Gasteiger partial charge in [0.15, 0.2) is 0 Å². The second-order valence-electron chi connectivity index (χ2n) is 6.56. The third-order valence-electron chi connectivity index (χ3n) is 4.08. The number of hydrogen-bond donors (Lipinski definition) is 2. The lowest BCUT2D eigenvalue weighted by atomic mass is 10.0. The summed E-state index contributed by atoms with van der Waals surface area (Å²) in [6.45, 7) is 8.05. The highest BCUT2D eigenvalue weighted by molar-refractivity contribution is 5.85. The summed E-state index contributed by atoms with van der Waals surface area (Å²) in [5, 5.41) is 2.95. The highest BCUT2D eigenvalue weighted by Crippen LogP contribution is 2.13. The van der Waals surface area contributed by atoms with E-state index in [0.717, 1.165) is 26.1 Å². The highest BCUT2D eigenvalue weighted by atomic mass is 35.5. The number of rotatable bonds is 7. The average Bonchev–Trinajstić information content (AvgIpc) is 2.38. The number of piperidine rings is 1. The molecule has 1 saturated heterocycles. The summed E-state index contributed by atoms with van der Waals surface area (Å²) in [4.78, 5) is 16.5. The first-order valence-corrected chi connectivity index (χ1v) is 7.82. The van der Waals surface area contributed by atoms with Gasteiger partial charge in [0.2, 0.25) is 5.91 Å². The second-order valence-corrected chi connectivity index (χ2v) is 6.56. The molecule has 1 atom stereocenters. The predicted molar refractivity (Wildman–Crippen MR) is 98.1 cm³/mol. The van der Waals surface area contributed by atoms with Gasteiger partial charge in [-0.05, 0) is 52.4 Å². The maximum atomic E-state index is 11.8. The number of likely N-dealkylation sites (tertiary alicyclic amines) is 1. The van der Waals surface area contributed by atoms with Crippen LogP contribution in [0, 0.1) is 5.92 Å². The lowest BCUT2D eigenvalue weighted by Gasteiger charge is -2.35. The van der Waals surface area contributed by atoms with Crippen molar-refractivity contribution in [1.29, 1.82) is 0 Å². The van der Waals surface area contributed by atoms with Gasteiger partial charge in [-0.15, -0.1) is 24.8 Å². The minimum Gasteiger partial charge on any atom is -0.353 e. The molecule has 0 spiro atoms. The molecule has 1 amide bonds. The molecule has 1 heterocycles. The smallest absolute Gasteiger partial charge is 0.236 e. The van der Waals surface area contributed by atoms with Gasteiger partial charge >= 0.3 is 0 Å². The Morgan fingerprint density at radius 1 is 1.27 bits per heavy atom. The predicted octanol–water partition coefficient (Wildman–Crippen LogP) is 1.35. The van der Waals surface area contributed by atoms with Crippen molar-refractivity contribution in [2.75, 3.05) is 40.3 Å². The maximum absolute atomic E-state index is 11.8. The zero-order valence-corrected chi connectivity index (χ0v) is 16.0. The van der Waals surface area contributed by atoms with E-state index in [1.807, 2.05) is 0 Å². The molecule has 0 aromatic rings. The number of carbonyl (C=O) groups is 1. The Labute approximate surface area is 148 Å². The van der Waals surface area contributed by atoms with Crippen LogP contribution in [0.15, 0.2) is 0 Å². The van der Waals surface area contributed by atoms with Crippen molar-refractivity contribution in [3.8, 4) is 0 Å². The molecule has 0 aromatic heterocycles. The molecule has 1 aliphatic heterocycles. The number of hydrogen-bond acceptors (Lipinski definition) is 4. The minimum absolute atomic E-state index is 0. The lowest BCUT2D eigenvalue weighted by molar-refractivity contribution is -0.122. The monoisotopic (exact) mass is 356 g/mol. The number of amides is 1. The normalized spacial score (nSPS) is 17.8. The van der Waals surface area contributed by atoms with Crippen molar-refractivity contribution >= 4 is 30.7 Å². The molecule has 1 rings (SSSR count). The zero-order chi connectivity index (χ0) is 15.1. The summed E-state index contributed by atoms with van der Waals surface area (Å²) < 4.78 is 0. The topological polar surface area (TPSA) is 61.6 Å². The molecule has 22 heavy (non-hydrogen) atoms. The molecule has 0 radical (unpaired) electrons. The number of nitrogens with two attached hydrogens (primary N) is 1. The number of nitrogens with zero attached hydrogens (tertiary/aromatic N) is 2. The largest absolute Gasteiger partial charge is 0.353 e. The van der Waals surface area contributed by atoms with Crippen LogP contribution in [0.2, 0.25) is 0 Å². The lowest BCUT2D eigenvalue weighted by Crippen LogP contribution is -2.47. The Hall–Kier alpha value is -0.0700. The number of halogens is 2. The molecule has 134 valence electrons. The summed E-state index contributed by atoms with van der Waals surface area (Å²) in [7, 11) is 4.30. The Morgan fingerprint density at radius 3 is 2.27 bits per heavy atom. The van der Waals surface area contributed by atoms with Crippen LogP contribution in [0.5, 0.6) is 0 Å². The van der Waals surface area contributed by atoms with Gasteiger partial charge in [-0.3, -0.25) is 4.79 Å². The van der Waals surface area contributed by atoms with E-state index in [1.165, 1.54) is 12.8 Å². The molecule has 7 heteroatoms. The first-order valence-electron chi connectivity index (χ1n) is 7.82. The van der Waals surface area contributed by atoms with Crippen LogP contribution >= 0.6 is 24.8 Å². The Morgan fingerprint density at radius 2 is 1.82 bits per heavy atom. The second kappa shape index (κ2) is 12.4. The van der Waals surface area contributed by atoms with Crippen LogP contribution in [-0.4, -0.2) is 68.1 Å². The van der Waals surface area contributed by atoms with E-state index in [-0.39, 0.29) is 36.8 Å². The van der Waals surface area contributed by atoms with Crippen molar-refractivity contribution in [1.82, 2.24) is 15.1 Å². The highest BCUT2D eigenvalue weighted by Gasteiger charge is 2.20. The number of carbonyl (C=O) groups excluding carboxylic acids is 1. The fraction of sp³-hybridized carbons (Fsp3) is 0.933.